The van der Waals surface area contributed by atoms with Gasteiger partial charge in [0.1, 0.15) is 17.0 Å². The van der Waals surface area contributed by atoms with Gasteiger partial charge in [0.25, 0.3) is 0 Å². The molecule has 0 saturated carbocycles. The molecule has 0 unspecified atom stereocenters. The Morgan fingerprint density at radius 2 is 2.05 bits per heavy atom. The Balaban J connectivity index is 2.31. The van der Waals surface area contributed by atoms with Gasteiger partial charge in [-0.1, -0.05) is 5.16 Å². The van der Waals surface area contributed by atoms with Gasteiger partial charge in [0, 0.05) is 13.5 Å². The number of oxime groups is 1. The summed E-state index contributed by atoms with van der Waals surface area (Å²) in [5.74, 6) is -0.713. The molecule has 7 nitrogen and oxygen atoms in total. The van der Waals surface area contributed by atoms with Crippen LogP contribution in [0.1, 0.15) is 31.7 Å². The third-order valence-electron chi connectivity index (χ3n) is 2.71. The van der Waals surface area contributed by atoms with Gasteiger partial charge in [-0.3, -0.25) is 0 Å². The van der Waals surface area contributed by atoms with E-state index in [0.717, 1.165) is 4.80 Å². The van der Waals surface area contributed by atoms with Crippen molar-refractivity contribution in [2.75, 3.05) is 0 Å². The maximum absolute atomic E-state index is 13.4. The molecule has 0 aliphatic carbocycles. The number of aromatic nitrogens is 3. The Labute approximate surface area is 128 Å². The summed E-state index contributed by atoms with van der Waals surface area (Å²) in [4.78, 5) is 2.43. The third kappa shape index (κ3) is 3.57. The average Bonchev–Trinajstić information content (AvgIpc) is 2.80. The maximum Gasteiger partial charge on any atom is 0.346 e. The van der Waals surface area contributed by atoms with E-state index in [4.69, 9.17) is 4.84 Å². The Bertz CT molecular complexity index is 694. The molecule has 2 rings (SSSR count). The Morgan fingerprint density at radius 1 is 1.43 bits per heavy atom. The van der Waals surface area contributed by atoms with E-state index < -0.39 is 31.7 Å². The van der Waals surface area contributed by atoms with Crippen LogP contribution in [-0.4, -0.2) is 34.1 Å². The number of hydrogen-bond donors (Lipinski definition) is 0. The van der Waals surface area contributed by atoms with Crippen LogP contribution in [0.5, 0.6) is 0 Å². The molecule has 0 amide bonds. The van der Waals surface area contributed by atoms with E-state index in [-0.39, 0.29) is 17.2 Å². The number of aryl methyl sites for hydroxylation is 1. The zero-order valence-corrected chi connectivity index (χ0v) is 13.9. The molecule has 0 radical (unpaired) electrons. The van der Waals surface area contributed by atoms with Crippen molar-refractivity contribution in [2.24, 2.45) is 12.2 Å². The maximum atomic E-state index is 13.4. The van der Waals surface area contributed by atoms with Gasteiger partial charge in [-0.05, 0) is 29.8 Å². The van der Waals surface area contributed by atoms with Gasteiger partial charge in [-0.2, -0.15) is 23.8 Å². The summed E-state index contributed by atoms with van der Waals surface area (Å²) >= 11 is 2.16. The number of alkyl halides is 3. The monoisotopic (exact) mass is 386 g/mol. The van der Waals surface area contributed by atoms with Crippen LogP contribution < -0.4 is 0 Å². The smallest absolute Gasteiger partial charge is 0.346 e. The molecule has 0 N–H and O–H groups in total. The first-order chi connectivity index (χ1) is 9.41. The molecule has 1 aliphatic heterocycles. The second kappa shape index (κ2) is 4.97. The topological polar surface area (TPSA) is 86.4 Å². The van der Waals surface area contributed by atoms with Crippen LogP contribution in [0.3, 0.4) is 0 Å². The van der Waals surface area contributed by atoms with Crippen LogP contribution >= 0.6 is 15.9 Å². The molecule has 0 fully saturated rings. The fraction of sp³-hybridized carbons (Fsp3) is 0.700. The molecule has 1 aromatic rings. The predicted octanol–water partition coefficient (Wildman–Crippen LogP) is 1.69. The number of nitrogens with zero attached hydrogens (tertiary/aromatic N) is 4. The minimum absolute atomic E-state index is 0.0790. The Morgan fingerprint density at radius 3 is 2.52 bits per heavy atom. The van der Waals surface area contributed by atoms with Crippen molar-refractivity contribution in [3.05, 3.63) is 11.4 Å². The van der Waals surface area contributed by atoms with Gasteiger partial charge in [-0.15, -0.1) is 0 Å². The van der Waals surface area contributed by atoms with Gasteiger partial charge in [-0.25, -0.2) is 8.42 Å². The summed E-state index contributed by atoms with van der Waals surface area (Å²) in [5, 5.41) is 10.5. The molecule has 0 saturated heterocycles. The van der Waals surface area contributed by atoms with Gasteiger partial charge < -0.3 is 4.84 Å². The molecule has 0 aromatic carbocycles. The molecular weight excluding hydrogens is 374 g/mol. The van der Waals surface area contributed by atoms with Gasteiger partial charge in [0.05, 0.1) is 0 Å². The van der Waals surface area contributed by atoms with Crippen molar-refractivity contribution in [2.45, 2.75) is 36.5 Å². The predicted molar refractivity (Wildman–Crippen MR) is 73.7 cm³/mol. The summed E-state index contributed by atoms with van der Waals surface area (Å²) in [6, 6.07) is 0. The lowest BCUT2D eigenvalue weighted by atomic mass is 10.1. The number of rotatable bonds is 3. The zero-order chi connectivity index (χ0) is 16.1. The number of sulfone groups is 1. The lowest BCUT2D eigenvalue weighted by Crippen LogP contribution is -2.24. The van der Waals surface area contributed by atoms with E-state index in [1.54, 1.807) is 13.8 Å². The summed E-state index contributed by atoms with van der Waals surface area (Å²) in [5.41, 5.74) is -1.79. The van der Waals surface area contributed by atoms with Crippen LogP contribution in [0.4, 0.5) is 8.78 Å². The largest absolute Gasteiger partial charge is 0.389 e. The van der Waals surface area contributed by atoms with Crippen LogP contribution in [-0.2, 0) is 32.3 Å². The highest BCUT2D eigenvalue weighted by molar-refractivity contribution is 9.09. The molecule has 0 spiro atoms. The van der Waals surface area contributed by atoms with Crippen molar-refractivity contribution in [1.29, 1.82) is 0 Å². The molecular formula is C10H13BrF2N4O3S. The summed E-state index contributed by atoms with van der Waals surface area (Å²) < 4.78 is 51.2. The fourth-order valence-corrected chi connectivity index (χ4v) is 3.55. The van der Waals surface area contributed by atoms with Gasteiger partial charge in [0.2, 0.25) is 9.84 Å². The Kier molecular flexibility index (Phi) is 3.85. The molecule has 11 heteroatoms. The van der Waals surface area contributed by atoms with Crippen LogP contribution in [0.2, 0.25) is 0 Å². The standard InChI is InChI=1S/C10H13BrF2N4O3S/c1-9(2)4-7(16-20-9)21(18,19)5-6-8(10(11,12)13)15-17(3)14-6/h4-5H2,1-3H3. The number of halogens is 3. The lowest BCUT2D eigenvalue weighted by Gasteiger charge is -2.13. The molecule has 118 valence electrons. The van der Waals surface area contributed by atoms with E-state index in [9.17, 15) is 17.2 Å². The summed E-state index contributed by atoms with van der Waals surface area (Å²) in [6.07, 6.45) is 0.0790. The van der Waals surface area contributed by atoms with Crippen LogP contribution in [0.25, 0.3) is 0 Å². The molecule has 1 aliphatic rings. The minimum atomic E-state index is -3.90. The van der Waals surface area contributed by atoms with Crippen LogP contribution in [0.15, 0.2) is 5.16 Å². The second-order valence-electron chi connectivity index (χ2n) is 5.25. The third-order valence-corrected chi connectivity index (χ3v) is 4.68. The quantitative estimate of drug-likeness (QED) is 0.737. The normalized spacial score (nSPS) is 18.5. The SMILES string of the molecule is Cn1nc(CS(=O)(=O)C2=NOC(C)(C)C2)c(C(F)(F)Br)n1. The van der Waals surface area contributed by atoms with E-state index in [1.165, 1.54) is 7.05 Å². The number of hydrogen-bond acceptors (Lipinski definition) is 6. The van der Waals surface area contributed by atoms with Gasteiger partial charge in [0.15, 0.2) is 10.7 Å². The van der Waals surface area contributed by atoms with Crippen molar-refractivity contribution in [3.8, 4) is 0 Å². The first-order valence-corrected chi connectivity index (χ1v) is 8.30. The second-order valence-corrected chi connectivity index (χ2v) is 8.24. The average molecular weight is 387 g/mol. The van der Waals surface area contributed by atoms with E-state index in [1.807, 2.05) is 0 Å². The van der Waals surface area contributed by atoms with Crippen molar-refractivity contribution >= 4 is 30.8 Å². The van der Waals surface area contributed by atoms with Crippen molar-refractivity contribution in [3.63, 3.8) is 0 Å². The first kappa shape index (κ1) is 16.3. The highest BCUT2D eigenvalue weighted by Gasteiger charge is 2.40. The molecule has 21 heavy (non-hydrogen) atoms. The first-order valence-electron chi connectivity index (χ1n) is 5.86. The van der Waals surface area contributed by atoms with Crippen molar-refractivity contribution in [1.82, 2.24) is 15.0 Å². The van der Waals surface area contributed by atoms with E-state index in [0.29, 0.717) is 0 Å². The molecule has 2 heterocycles. The van der Waals surface area contributed by atoms with Crippen LogP contribution in [0, 0.1) is 0 Å². The molecule has 0 bridgehead atoms. The lowest BCUT2D eigenvalue weighted by molar-refractivity contribution is 0.0123. The van der Waals surface area contributed by atoms with E-state index >= 15 is 0 Å². The van der Waals surface area contributed by atoms with E-state index in [2.05, 4.69) is 31.3 Å². The minimum Gasteiger partial charge on any atom is -0.389 e. The summed E-state index contributed by atoms with van der Waals surface area (Å²) in [7, 11) is -2.57. The van der Waals surface area contributed by atoms with Crippen molar-refractivity contribution < 1.29 is 22.0 Å². The van der Waals surface area contributed by atoms with Gasteiger partial charge >= 0.3 is 4.83 Å². The Hall–Kier alpha value is -1.10. The highest BCUT2D eigenvalue weighted by Crippen LogP contribution is 2.35. The highest BCUT2D eigenvalue weighted by atomic mass is 79.9. The summed E-state index contributed by atoms with van der Waals surface area (Å²) in [6.45, 7) is 3.36. The molecule has 0 atom stereocenters. The fourth-order valence-electron chi connectivity index (χ4n) is 1.80. The molecule has 1 aromatic heterocycles. The zero-order valence-electron chi connectivity index (χ0n) is 11.5.